The fourth-order valence-corrected chi connectivity index (χ4v) is 2.77. The van der Waals surface area contributed by atoms with Gasteiger partial charge in [-0.25, -0.2) is 4.79 Å². The lowest BCUT2D eigenvalue weighted by Gasteiger charge is -2.20. The van der Waals surface area contributed by atoms with Crippen molar-refractivity contribution >= 4 is 29.3 Å². The van der Waals surface area contributed by atoms with Crippen LogP contribution in [0.4, 0.5) is 4.79 Å². The van der Waals surface area contributed by atoms with Crippen LogP contribution >= 0.6 is 23.2 Å². The van der Waals surface area contributed by atoms with Gasteiger partial charge in [-0.15, -0.1) is 0 Å². The van der Waals surface area contributed by atoms with E-state index in [1.165, 1.54) is 0 Å². The summed E-state index contributed by atoms with van der Waals surface area (Å²) in [6.45, 7) is 4.47. The van der Waals surface area contributed by atoms with Gasteiger partial charge in [0, 0.05) is 16.6 Å². The maximum atomic E-state index is 11.8. The third kappa shape index (κ3) is 2.73. The van der Waals surface area contributed by atoms with Crippen LogP contribution in [0.3, 0.4) is 0 Å². The molecular formula is C13H15Cl2NO2. The van der Waals surface area contributed by atoms with Crippen LogP contribution < -0.4 is 0 Å². The highest BCUT2D eigenvalue weighted by Gasteiger charge is 2.37. The SMILES string of the molecule is CCC1OC(=O)N(Cc2cc(Cl)cc(Cl)c2)[C@@H]1C. The van der Waals surface area contributed by atoms with E-state index in [2.05, 4.69) is 0 Å². The van der Waals surface area contributed by atoms with Gasteiger partial charge in [-0.2, -0.15) is 0 Å². The van der Waals surface area contributed by atoms with Gasteiger partial charge in [0.05, 0.1) is 6.04 Å². The van der Waals surface area contributed by atoms with E-state index in [9.17, 15) is 4.79 Å². The minimum atomic E-state index is -0.273. The maximum Gasteiger partial charge on any atom is 0.410 e. The molecule has 18 heavy (non-hydrogen) atoms. The Kier molecular flexibility index (Phi) is 4.03. The number of rotatable bonds is 3. The number of hydrogen-bond acceptors (Lipinski definition) is 2. The molecule has 1 saturated heterocycles. The summed E-state index contributed by atoms with van der Waals surface area (Å²) in [7, 11) is 0. The predicted molar refractivity (Wildman–Crippen MR) is 72.0 cm³/mol. The van der Waals surface area contributed by atoms with Gasteiger partial charge < -0.3 is 4.74 Å². The van der Waals surface area contributed by atoms with Gasteiger partial charge in [0.2, 0.25) is 0 Å². The number of carbonyl (C=O) groups excluding carboxylic acids is 1. The highest BCUT2D eigenvalue weighted by molar-refractivity contribution is 6.34. The third-order valence-corrected chi connectivity index (χ3v) is 3.63. The van der Waals surface area contributed by atoms with Gasteiger partial charge in [-0.1, -0.05) is 30.1 Å². The molecular weight excluding hydrogens is 273 g/mol. The monoisotopic (exact) mass is 287 g/mol. The first-order valence-electron chi connectivity index (χ1n) is 5.93. The van der Waals surface area contributed by atoms with E-state index < -0.39 is 0 Å². The molecule has 5 heteroatoms. The molecule has 0 bridgehead atoms. The lowest BCUT2D eigenvalue weighted by atomic mass is 10.1. The summed E-state index contributed by atoms with van der Waals surface area (Å²) in [5, 5.41) is 1.15. The molecule has 0 N–H and O–H groups in total. The van der Waals surface area contributed by atoms with Crippen LogP contribution in [-0.4, -0.2) is 23.1 Å². The van der Waals surface area contributed by atoms with Gasteiger partial charge in [-0.3, -0.25) is 4.90 Å². The second-order valence-electron chi connectivity index (χ2n) is 4.48. The molecule has 1 aliphatic heterocycles. The number of halogens is 2. The second kappa shape index (κ2) is 5.37. The molecule has 0 aromatic heterocycles. The fraction of sp³-hybridized carbons (Fsp3) is 0.462. The zero-order chi connectivity index (χ0) is 13.3. The van der Waals surface area contributed by atoms with E-state index >= 15 is 0 Å². The third-order valence-electron chi connectivity index (χ3n) is 3.19. The van der Waals surface area contributed by atoms with Crippen LogP contribution in [0.15, 0.2) is 18.2 Å². The van der Waals surface area contributed by atoms with E-state index in [4.69, 9.17) is 27.9 Å². The molecule has 1 unspecified atom stereocenters. The Morgan fingerprint density at radius 1 is 1.28 bits per heavy atom. The lowest BCUT2D eigenvalue weighted by molar-refractivity contribution is 0.128. The number of benzene rings is 1. The molecule has 1 aliphatic rings. The maximum absolute atomic E-state index is 11.8. The normalized spacial score (nSPS) is 23.3. The standard InChI is InChI=1S/C13H15Cl2NO2/c1-3-12-8(2)16(13(17)18-12)7-9-4-10(14)6-11(15)5-9/h4-6,8,12H,3,7H2,1-2H3/t8-,12?/m1/s1. The molecule has 1 aromatic rings. The van der Waals surface area contributed by atoms with Gasteiger partial charge in [0.1, 0.15) is 6.10 Å². The molecule has 1 aromatic carbocycles. The van der Waals surface area contributed by atoms with Gasteiger partial charge in [0.15, 0.2) is 0 Å². The molecule has 0 spiro atoms. The van der Waals surface area contributed by atoms with Crippen molar-refractivity contribution in [3.05, 3.63) is 33.8 Å². The molecule has 98 valence electrons. The predicted octanol–water partition coefficient (Wildman–Crippen LogP) is 4.11. The van der Waals surface area contributed by atoms with Crippen molar-refractivity contribution in [1.29, 1.82) is 0 Å². The summed E-state index contributed by atoms with van der Waals surface area (Å²) in [4.78, 5) is 13.5. The number of hydrogen-bond donors (Lipinski definition) is 0. The van der Waals surface area contributed by atoms with E-state index in [-0.39, 0.29) is 18.2 Å². The van der Waals surface area contributed by atoms with Gasteiger partial charge in [0.25, 0.3) is 0 Å². The summed E-state index contributed by atoms with van der Waals surface area (Å²) < 4.78 is 5.29. The topological polar surface area (TPSA) is 29.5 Å². The van der Waals surface area contributed by atoms with Crippen molar-refractivity contribution in [3.63, 3.8) is 0 Å². The van der Waals surface area contributed by atoms with E-state index in [0.29, 0.717) is 16.6 Å². The molecule has 1 amide bonds. The largest absolute Gasteiger partial charge is 0.444 e. The smallest absolute Gasteiger partial charge is 0.410 e. The van der Waals surface area contributed by atoms with Crippen LogP contribution in [0, 0.1) is 0 Å². The summed E-state index contributed by atoms with van der Waals surface area (Å²) in [5.41, 5.74) is 0.910. The van der Waals surface area contributed by atoms with E-state index in [0.717, 1.165) is 12.0 Å². The van der Waals surface area contributed by atoms with Crippen molar-refractivity contribution in [1.82, 2.24) is 4.90 Å². The Balaban J connectivity index is 2.16. The van der Waals surface area contributed by atoms with Crippen LogP contribution in [0.1, 0.15) is 25.8 Å². The van der Waals surface area contributed by atoms with E-state index in [1.54, 1.807) is 11.0 Å². The van der Waals surface area contributed by atoms with Crippen molar-refractivity contribution in [3.8, 4) is 0 Å². The fourth-order valence-electron chi connectivity index (χ4n) is 2.19. The number of amides is 1. The Morgan fingerprint density at radius 3 is 2.39 bits per heavy atom. The van der Waals surface area contributed by atoms with Gasteiger partial charge in [-0.05, 0) is 37.1 Å². The van der Waals surface area contributed by atoms with Crippen molar-refractivity contribution in [2.45, 2.75) is 39.0 Å². The Bertz CT molecular complexity index is 444. The van der Waals surface area contributed by atoms with Crippen LogP contribution in [0.5, 0.6) is 0 Å². The molecule has 2 atom stereocenters. The average molecular weight is 288 g/mol. The molecule has 0 saturated carbocycles. The summed E-state index contributed by atoms with van der Waals surface area (Å²) >= 11 is 11.9. The minimum absolute atomic E-state index is 0.0350. The first-order valence-corrected chi connectivity index (χ1v) is 6.69. The molecule has 0 radical (unpaired) electrons. The highest BCUT2D eigenvalue weighted by Crippen LogP contribution is 2.26. The number of carbonyl (C=O) groups is 1. The molecule has 0 aliphatic carbocycles. The Labute approximate surface area is 117 Å². The van der Waals surface area contributed by atoms with Crippen LogP contribution in [0.2, 0.25) is 10.0 Å². The van der Waals surface area contributed by atoms with Crippen molar-refractivity contribution in [2.24, 2.45) is 0 Å². The van der Waals surface area contributed by atoms with Crippen LogP contribution in [0.25, 0.3) is 0 Å². The lowest BCUT2D eigenvalue weighted by Crippen LogP contribution is -2.33. The zero-order valence-corrected chi connectivity index (χ0v) is 11.8. The summed E-state index contributed by atoms with van der Waals surface area (Å²) in [5.74, 6) is 0. The van der Waals surface area contributed by atoms with E-state index in [1.807, 2.05) is 26.0 Å². The van der Waals surface area contributed by atoms with Gasteiger partial charge >= 0.3 is 6.09 Å². The first kappa shape index (κ1) is 13.5. The Hall–Kier alpha value is -0.930. The molecule has 1 fully saturated rings. The zero-order valence-electron chi connectivity index (χ0n) is 10.3. The molecule has 2 rings (SSSR count). The quantitative estimate of drug-likeness (QED) is 0.837. The average Bonchev–Trinajstić information content (AvgIpc) is 2.55. The summed E-state index contributed by atoms with van der Waals surface area (Å²) in [6.07, 6.45) is 0.511. The number of cyclic esters (lactones) is 1. The minimum Gasteiger partial charge on any atom is -0.444 e. The molecule has 1 heterocycles. The first-order chi connectivity index (χ1) is 8.51. The second-order valence-corrected chi connectivity index (χ2v) is 5.35. The molecule has 3 nitrogen and oxygen atoms in total. The number of nitrogens with zero attached hydrogens (tertiary/aromatic N) is 1. The van der Waals surface area contributed by atoms with Crippen LogP contribution in [-0.2, 0) is 11.3 Å². The number of ether oxygens (including phenoxy) is 1. The van der Waals surface area contributed by atoms with Crippen molar-refractivity contribution in [2.75, 3.05) is 0 Å². The van der Waals surface area contributed by atoms with Crippen molar-refractivity contribution < 1.29 is 9.53 Å². The highest BCUT2D eigenvalue weighted by atomic mass is 35.5. The summed E-state index contributed by atoms with van der Waals surface area (Å²) in [6, 6.07) is 5.37. The Morgan fingerprint density at radius 2 is 1.89 bits per heavy atom.